The SMILES string of the molecule is Nc1nc(CN2CCN(c3cccc(Cl)c3)CC2)nc(NCC2CCCO2)n1. The van der Waals surface area contributed by atoms with Gasteiger partial charge in [-0.1, -0.05) is 17.7 Å². The standard InChI is InChI=1S/C19H26ClN7O/c20-14-3-1-4-15(11-14)27-8-6-26(7-9-27)13-17-23-18(21)25-19(24-17)22-12-16-5-2-10-28-16/h1,3-4,11,16H,2,5-10,12-13H2,(H3,21,22,23,24,25). The molecule has 150 valence electrons. The van der Waals surface area contributed by atoms with Gasteiger partial charge >= 0.3 is 0 Å². The minimum absolute atomic E-state index is 0.223. The number of aromatic nitrogens is 3. The maximum atomic E-state index is 6.11. The highest BCUT2D eigenvalue weighted by Crippen LogP contribution is 2.21. The number of nitrogen functional groups attached to an aromatic ring is 1. The monoisotopic (exact) mass is 403 g/mol. The molecule has 9 heteroatoms. The minimum Gasteiger partial charge on any atom is -0.376 e. The highest BCUT2D eigenvalue weighted by molar-refractivity contribution is 6.30. The number of rotatable bonds is 6. The van der Waals surface area contributed by atoms with Gasteiger partial charge in [-0.15, -0.1) is 0 Å². The molecule has 1 atom stereocenters. The number of benzene rings is 1. The van der Waals surface area contributed by atoms with Crippen LogP contribution in [0.3, 0.4) is 0 Å². The average Bonchev–Trinajstić information content (AvgIpc) is 3.20. The third kappa shape index (κ3) is 5.01. The zero-order chi connectivity index (χ0) is 19.3. The van der Waals surface area contributed by atoms with E-state index in [-0.39, 0.29) is 12.1 Å². The maximum Gasteiger partial charge on any atom is 0.227 e. The van der Waals surface area contributed by atoms with Crippen LogP contribution in [0.1, 0.15) is 18.7 Å². The first-order chi connectivity index (χ1) is 13.7. The van der Waals surface area contributed by atoms with E-state index in [2.05, 4.69) is 36.1 Å². The normalized spacial score (nSPS) is 20.5. The molecule has 8 nitrogen and oxygen atoms in total. The third-order valence-electron chi connectivity index (χ3n) is 5.12. The molecule has 0 saturated carbocycles. The van der Waals surface area contributed by atoms with Crippen molar-refractivity contribution >= 4 is 29.2 Å². The summed E-state index contributed by atoms with van der Waals surface area (Å²) in [5.41, 5.74) is 7.05. The molecule has 1 aromatic heterocycles. The summed E-state index contributed by atoms with van der Waals surface area (Å²) in [5, 5.41) is 4.00. The Labute approximate surface area is 170 Å². The first-order valence-corrected chi connectivity index (χ1v) is 10.1. The second-order valence-corrected chi connectivity index (χ2v) is 7.63. The summed E-state index contributed by atoms with van der Waals surface area (Å²) >= 11 is 6.11. The first-order valence-electron chi connectivity index (χ1n) is 9.74. The third-order valence-corrected chi connectivity index (χ3v) is 5.36. The number of halogens is 1. The molecule has 1 aromatic carbocycles. The number of nitrogens with one attached hydrogen (secondary N) is 1. The summed E-state index contributed by atoms with van der Waals surface area (Å²) < 4.78 is 5.62. The van der Waals surface area contributed by atoms with Crippen molar-refractivity contribution in [1.29, 1.82) is 0 Å². The van der Waals surface area contributed by atoms with Crippen LogP contribution in [-0.4, -0.2) is 65.3 Å². The fourth-order valence-corrected chi connectivity index (χ4v) is 3.82. The molecule has 3 N–H and O–H groups in total. The topological polar surface area (TPSA) is 92.4 Å². The first kappa shape index (κ1) is 19.2. The Morgan fingerprint density at radius 2 is 2.04 bits per heavy atom. The fourth-order valence-electron chi connectivity index (χ4n) is 3.64. The number of ether oxygens (including phenoxy) is 1. The van der Waals surface area contributed by atoms with Gasteiger partial charge in [0.05, 0.1) is 12.6 Å². The Bertz CT molecular complexity index is 792. The van der Waals surface area contributed by atoms with Crippen molar-refractivity contribution in [2.75, 3.05) is 55.3 Å². The second kappa shape index (κ2) is 8.89. The lowest BCUT2D eigenvalue weighted by Gasteiger charge is -2.35. The lowest BCUT2D eigenvalue weighted by molar-refractivity contribution is 0.120. The van der Waals surface area contributed by atoms with Gasteiger partial charge in [-0.05, 0) is 31.0 Å². The molecule has 2 aliphatic rings. The summed E-state index contributed by atoms with van der Waals surface area (Å²) in [4.78, 5) is 17.7. The molecule has 1 unspecified atom stereocenters. The number of nitrogens with zero attached hydrogens (tertiary/aromatic N) is 5. The van der Waals surface area contributed by atoms with E-state index in [1.807, 2.05) is 18.2 Å². The summed E-state index contributed by atoms with van der Waals surface area (Å²) in [6.45, 7) is 5.91. The average molecular weight is 404 g/mol. The number of anilines is 3. The number of nitrogens with two attached hydrogens (primary N) is 1. The van der Waals surface area contributed by atoms with Crippen molar-refractivity contribution in [3.8, 4) is 0 Å². The van der Waals surface area contributed by atoms with Crippen LogP contribution < -0.4 is 16.0 Å². The van der Waals surface area contributed by atoms with E-state index >= 15 is 0 Å². The Balaban J connectivity index is 1.31. The van der Waals surface area contributed by atoms with E-state index in [1.54, 1.807) is 0 Å². The lowest BCUT2D eigenvalue weighted by Crippen LogP contribution is -2.46. The van der Waals surface area contributed by atoms with Crippen LogP contribution in [0, 0.1) is 0 Å². The van der Waals surface area contributed by atoms with Crippen LogP contribution >= 0.6 is 11.6 Å². The highest BCUT2D eigenvalue weighted by Gasteiger charge is 2.20. The summed E-state index contributed by atoms with van der Waals surface area (Å²) in [6.07, 6.45) is 2.40. The molecule has 0 radical (unpaired) electrons. The van der Waals surface area contributed by atoms with Gasteiger partial charge in [-0.2, -0.15) is 15.0 Å². The van der Waals surface area contributed by atoms with Crippen molar-refractivity contribution in [3.63, 3.8) is 0 Å². The van der Waals surface area contributed by atoms with E-state index in [0.717, 1.165) is 56.3 Å². The number of hydrogen-bond donors (Lipinski definition) is 2. The van der Waals surface area contributed by atoms with Gasteiger partial charge in [0, 0.05) is 50.0 Å². The van der Waals surface area contributed by atoms with E-state index in [1.165, 1.54) is 0 Å². The highest BCUT2D eigenvalue weighted by atomic mass is 35.5. The molecule has 28 heavy (non-hydrogen) atoms. The van der Waals surface area contributed by atoms with Gasteiger partial charge < -0.3 is 20.7 Å². The quantitative estimate of drug-likeness (QED) is 0.756. The molecule has 2 aromatic rings. The molecule has 2 fully saturated rings. The van der Waals surface area contributed by atoms with Gasteiger partial charge in [-0.25, -0.2) is 0 Å². The Morgan fingerprint density at radius 3 is 2.79 bits per heavy atom. The van der Waals surface area contributed by atoms with Crippen molar-refractivity contribution in [3.05, 3.63) is 35.1 Å². The number of piperazine rings is 1. The Kier molecular flexibility index (Phi) is 6.09. The zero-order valence-corrected chi connectivity index (χ0v) is 16.6. The molecule has 3 heterocycles. The van der Waals surface area contributed by atoms with Crippen molar-refractivity contribution in [2.24, 2.45) is 0 Å². The molecule has 0 aliphatic carbocycles. The van der Waals surface area contributed by atoms with Crippen LogP contribution in [0.15, 0.2) is 24.3 Å². The Morgan fingerprint density at radius 1 is 1.18 bits per heavy atom. The number of hydrogen-bond acceptors (Lipinski definition) is 8. The predicted molar refractivity (Wildman–Crippen MR) is 111 cm³/mol. The largest absolute Gasteiger partial charge is 0.376 e. The molecule has 0 amide bonds. The van der Waals surface area contributed by atoms with Gasteiger partial charge in [0.15, 0.2) is 0 Å². The lowest BCUT2D eigenvalue weighted by atomic mass is 10.2. The van der Waals surface area contributed by atoms with Crippen LogP contribution in [0.25, 0.3) is 0 Å². The van der Waals surface area contributed by atoms with Crippen LogP contribution in [0.2, 0.25) is 5.02 Å². The fraction of sp³-hybridized carbons (Fsp3) is 0.526. The zero-order valence-electron chi connectivity index (χ0n) is 15.9. The molecular weight excluding hydrogens is 378 g/mol. The predicted octanol–water partition coefficient (Wildman–Crippen LogP) is 2.02. The van der Waals surface area contributed by atoms with Gasteiger partial charge in [0.1, 0.15) is 5.82 Å². The second-order valence-electron chi connectivity index (χ2n) is 7.19. The smallest absolute Gasteiger partial charge is 0.227 e. The van der Waals surface area contributed by atoms with E-state index in [4.69, 9.17) is 22.1 Å². The van der Waals surface area contributed by atoms with Crippen LogP contribution in [-0.2, 0) is 11.3 Å². The maximum absolute atomic E-state index is 6.11. The van der Waals surface area contributed by atoms with Crippen molar-refractivity contribution in [2.45, 2.75) is 25.5 Å². The van der Waals surface area contributed by atoms with E-state index < -0.39 is 0 Å². The van der Waals surface area contributed by atoms with Crippen LogP contribution in [0.5, 0.6) is 0 Å². The molecular formula is C19H26ClN7O. The van der Waals surface area contributed by atoms with Crippen LogP contribution in [0.4, 0.5) is 17.6 Å². The molecule has 0 spiro atoms. The molecule has 4 rings (SSSR count). The summed E-state index contributed by atoms with van der Waals surface area (Å²) in [6, 6.07) is 8.00. The summed E-state index contributed by atoms with van der Waals surface area (Å²) in [5.74, 6) is 1.46. The Hall–Kier alpha value is -2.16. The van der Waals surface area contributed by atoms with Gasteiger partial charge in [-0.3, -0.25) is 4.90 Å². The van der Waals surface area contributed by atoms with Crippen molar-refractivity contribution in [1.82, 2.24) is 19.9 Å². The molecule has 2 saturated heterocycles. The molecule has 2 aliphatic heterocycles. The summed E-state index contributed by atoms with van der Waals surface area (Å²) in [7, 11) is 0. The van der Waals surface area contributed by atoms with E-state index in [0.29, 0.717) is 24.9 Å². The van der Waals surface area contributed by atoms with E-state index in [9.17, 15) is 0 Å². The minimum atomic E-state index is 0.223. The van der Waals surface area contributed by atoms with Gasteiger partial charge in [0.2, 0.25) is 11.9 Å². The van der Waals surface area contributed by atoms with Gasteiger partial charge in [0.25, 0.3) is 0 Å². The molecule has 0 bridgehead atoms. The van der Waals surface area contributed by atoms with Crippen molar-refractivity contribution < 1.29 is 4.74 Å².